The van der Waals surface area contributed by atoms with Crippen LogP contribution >= 0.6 is 11.3 Å². The van der Waals surface area contributed by atoms with Crippen molar-refractivity contribution in [2.75, 3.05) is 4.90 Å². The van der Waals surface area contributed by atoms with Crippen LogP contribution in [0.15, 0.2) is 79.1 Å². The number of benzene rings is 3. The van der Waals surface area contributed by atoms with Crippen molar-refractivity contribution < 1.29 is 4.79 Å². The Hall–Kier alpha value is -3.57. The van der Waals surface area contributed by atoms with Crippen LogP contribution in [0, 0.1) is 13.8 Å². The molecule has 0 unspecified atom stereocenters. The van der Waals surface area contributed by atoms with E-state index in [1.54, 1.807) is 28.6 Å². The summed E-state index contributed by atoms with van der Waals surface area (Å²) in [6.45, 7) is 4.64. The fourth-order valence-electron chi connectivity index (χ4n) is 3.84. The van der Waals surface area contributed by atoms with Crippen LogP contribution < -0.4 is 4.90 Å². The molecule has 0 aliphatic heterocycles. The number of rotatable bonds is 5. The van der Waals surface area contributed by atoms with Crippen LogP contribution in [0.25, 0.3) is 21.0 Å². The number of fused-ring (bicyclic) bond motifs is 2. The van der Waals surface area contributed by atoms with Crippen molar-refractivity contribution in [2.45, 2.75) is 26.8 Å². The van der Waals surface area contributed by atoms with E-state index >= 15 is 0 Å². The molecule has 0 atom stereocenters. The minimum atomic E-state index is 0.0247. The summed E-state index contributed by atoms with van der Waals surface area (Å²) in [5, 5.41) is 3.04. The van der Waals surface area contributed by atoms with Crippen LogP contribution in [0.3, 0.4) is 0 Å². The van der Waals surface area contributed by atoms with Gasteiger partial charge < -0.3 is 0 Å². The fraction of sp³-hybridized carbons (Fsp3) is 0.148. The lowest BCUT2D eigenvalue weighted by Crippen LogP contribution is -2.31. The summed E-state index contributed by atoms with van der Waals surface area (Å²) in [6.07, 6.45) is 3.87. The van der Waals surface area contributed by atoms with Gasteiger partial charge in [-0.2, -0.15) is 0 Å². The Balaban J connectivity index is 1.50. The van der Waals surface area contributed by atoms with Crippen molar-refractivity contribution >= 4 is 43.4 Å². The first kappa shape index (κ1) is 20.3. The predicted octanol–water partition coefficient (Wildman–Crippen LogP) is 6.24. The summed E-state index contributed by atoms with van der Waals surface area (Å²) in [5.74, 6) is 0.0247. The van der Waals surface area contributed by atoms with E-state index in [4.69, 9.17) is 4.98 Å². The summed E-state index contributed by atoms with van der Waals surface area (Å²) >= 11 is 1.56. The Kier molecular flexibility index (Phi) is 5.41. The Morgan fingerprint density at radius 1 is 0.906 bits per heavy atom. The molecule has 5 aromatic rings. The van der Waals surface area contributed by atoms with Gasteiger partial charge in [-0.3, -0.25) is 14.7 Å². The van der Waals surface area contributed by atoms with Crippen molar-refractivity contribution in [3.8, 4) is 0 Å². The van der Waals surface area contributed by atoms with E-state index in [1.165, 1.54) is 16.5 Å². The van der Waals surface area contributed by atoms with Crippen LogP contribution in [0.4, 0.5) is 5.13 Å². The molecule has 5 rings (SSSR count). The van der Waals surface area contributed by atoms with Gasteiger partial charge in [0.1, 0.15) is 0 Å². The maximum Gasteiger partial charge on any atom is 0.233 e. The van der Waals surface area contributed by atoms with Crippen molar-refractivity contribution in [3.63, 3.8) is 0 Å². The van der Waals surface area contributed by atoms with Gasteiger partial charge in [0.2, 0.25) is 5.91 Å². The van der Waals surface area contributed by atoms with Gasteiger partial charge in [-0.15, -0.1) is 0 Å². The summed E-state index contributed by atoms with van der Waals surface area (Å²) in [6, 6.07) is 22.6. The lowest BCUT2D eigenvalue weighted by molar-refractivity contribution is -0.118. The number of nitrogens with zero attached hydrogens (tertiary/aromatic N) is 3. The fourth-order valence-corrected chi connectivity index (χ4v) is 4.90. The molecule has 4 nitrogen and oxygen atoms in total. The third-order valence-electron chi connectivity index (χ3n) is 5.76. The molecule has 5 heteroatoms. The molecule has 2 aromatic heterocycles. The largest absolute Gasteiger partial charge is 0.283 e. The first-order valence-electron chi connectivity index (χ1n) is 10.6. The van der Waals surface area contributed by atoms with Gasteiger partial charge in [-0.05, 0) is 65.1 Å². The molecule has 1 amide bonds. The number of anilines is 1. The molecule has 3 aromatic carbocycles. The van der Waals surface area contributed by atoms with Gasteiger partial charge in [-0.1, -0.05) is 59.9 Å². The predicted molar refractivity (Wildman–Crippen MR) is 132 cm³/mol. The molecule has 32 heavy (non-hydrogen) atoms. The second kappa shape index (κ2) is 8.52. The molecular formula is C27H23N3OS. The number of hydrogen-bond acceptors (Lipinski definition) is 4. The molecule has 0 saturated heterocycles. The highest BCUT2D eigenvalue weighted by Gasteiger charge is 2.21. The average molecular weight is 438 g/mol. The second-order valence-corrected chi connectivity index (χ2v) is 9.11. The Morgan fingerprint density at radius 2 is 1.72 bits per heavy atom. The van der Waals surface area contributed by atoms with Crippen LogP contribution in [0.1, 0.15) is 22.3 Å². The average Bonchev–Trinajstić information content (AvgIpc) is 3.20. The number of pyridine rings is 1. The van der Waals surface area contributed by atoms with E-state index in [0.717, 1.165) is 31.9 Å². The van der Waals surface area contributed by atoms with E-state index in [0.29, 0.717) is 13.0 Å². The number of carbonyl (C=O) groups excluding carboxylic acids is 1. The zero-order valence-corrected chi connectivity index (χ0v) is 18.9. The van der Waals surface area contributed by atoms with Gasteiger partial charge in [0.15, 0.2) is 5.13 Å². The van der Waals surface area contributed by atoms with E-state index in [-0.39, 0.29) is 5.91 Å². The zero-order chi connectivity index (χ0) is 22.1. The number of aromatic nitrogens is 2. The third-order valence-corrected chi connectivity index (χ3v) is 6.80. The molecule has 0 fully saturated rings. The highest BCUT2D eigenvalue weighted by molar-refractivity contribution is 7.22. The molecule has 0 aliphatic rings. The number of amides is 1. The van der Waals surface area contributed by atoms with Crippen molar-refractivity contribution in [3.05, 3.63) is 101 Å². The molecule has 0 bridgehead atoms. The summed E-state index contributed by atoms with van der Waals surface area (Å²) in [5.41, 5.74) is 5.34. The van der Waals surface area contributed by atoms with Gasteiger partial charge in [0, 0.05) is 12.4 Å². The normalized spacial score (nSPS) is 11.2. The quantitative estimate of drug-likeness (QED) is 0.327. The number of hydrogen-bond donors (Lipinski definition) is 0. The maximum absolute atomic E-state index is 13.5. The Morgan fingerprint density at radius 3 is 2.53 bits per heavy atom. The summed E-state index contributed by atoms with van der Waals surface area (Å²) < 4.78 is 1.10. The lowest BCUT2D eigenvalue weighted by atomic mass is 10.0. The van der Waals surface area contributed by atoms with Crippen LogP contribution in [0.5, 0.6) is 0 Å². The first-order chi connectivity index (χ1) is 15.6. The number of thiazole rings is 1. The van der Waals surface area contributed by atoms with E-state index in [2.05, 4.69) is 55.2 Å². The number of carbonyl (C=O) groups is 1. The Bertz CT molecular complexity index is 1390. The van der Waals surface area contributed by atoms with Crippen molar-refractivity contribution in [1.29, 1.82) is 0 Å². The molecular weight excluding hydrogens is 414 g/mol. The molecule has 0 radical (unpaired) electrons. The molecule has 0 spiro atoms. The highest BCUT2D eigenvalue weighted by atomic mass is 32.1. The van der Waals surface area contributed by atoms with E-state index in [9.17, 15) is 4.79 Å². The molecule has 2 heterocycles. The van der Waals surface area contributed by atoms with Gasteiger partial charge in [0.05, 0.1) is 23.2 Å². The monoisotopic (exact) mass is 437 g/mol. The third kappa shape index (κ3) is 4.12. The molecule has 0 N–H and O–H groups in total. The first-order valence-corrected chi connectivity index (χ1v) is 11.4. The minimum absolute atomic E-state index is 0.0247. The maximum atomic E-state index is 13.5. The topological polar surface area (TPSA) is 46.1 Å². The highest BCUT2D eigenvalue weighted by Crippen LogP contribution is 2.32. The lowest BCUT2D eigenvalue weighted by Gasteiger charge is -2.20. The SMILES string of the molecule is Cc1cc2nc(N(Cc3cccnc3)C(=O)Cc3ccc4ccccc4c3)sc2cc1C. The van der Waals surface area contributed by atoms with Gasteiger partial charge in [0.25, 0.3) is 0 Å². The van der Waals surface area contributed by atoms with Crippen LogP contribution in [-0.2, 0) is 17.8 Å². The van der Waals surface area contributed by atoms with E-state index < -0.39 is 0 Å². The molecule has 0 saturated carbocycles. The van der Waals surface area contributed by atoms with E-state index in [1.807, 2.05) is 30.3 Å². The minimum Gasteiger partial charge on any atom is -0.283 e. The van der Waals surface area contributed by atoms with Gasteiger partial charge in [-0.25, -0.2) is 4.98 Å². The van der Waals surface area contributed by atoms with Crippen molar-refractivity contribution in [2.24, 2.45) is 0 Å². The standard InChI is InChI=1S/C27H23N3OS/c1-18-12-24-25(13-19(18)2)32-27(29-24)30(17-21-6-5-11-28-16-21)26(31)15-20-9-10-22-7-3-4-8-23(22)14-20/h3-14,16H,15,17H2,1-2H3. The number of aryl methyl sites for hydroxylation is 2. The second-order valence-electron chi connectivity index (χ2n) is 8.10. The van der Waals surface area contributed by atoms with Crippen molar-refractivity contribution in [1.82, 2.24) is 9.97 Å². The Labute approximate surface area is 191 Å². The zero-order valence-electron chi connectivity index (χ0n) is 18.1. The summed E-state index contributed by atoms with van der Waals surface area (Å²) in [4.78, 5) is 24.4. The van der Waals surface area contributed by atoms with Crippen LogP contribution in [0.2, 0.25) is 0 Å². The van der Waals surface area contributed by atoms with Crippen LogP contribution in [-0.4, -0.2) is 15.9 Å². The summed E-state index contributed by atoms with van der Waals surface area (Å²) in [7, 11) is 0. The smallest absolute Gasteiger partial charge is 0.233 e. The van der Waals surface area contributed by atoms with Gasteiger partial charge >= 0.3 is 0 Å². The molecule has 158 valence electrons. The molecule has 0 aliphatic carbocycles.